The van der Waals surface area contributed by atoms with Gasteiger partial charge in [0.1, 0.15) is 0 Å². The Morgan fingerprint density at radius 2 is 1.10 bits per heavy atom. The Morgan fingerprint density at radius 1 is 0.517 bits per heavy atom. The predicted octanol–water partition coefficient (Wildman–Crippen LogP) is 7.52. The lowest BCUT2D eigenvalue weighted by Gasteiger charge is -2.18. The normalized spacial score (nSPS) is 11.6. The molecular formula is C28H19N. The Morgan fingerprint density at radius 3 is 1.76 bits per heavy atom. The Labute approximate surface area is 170 Å². The van der Waals surface area contributed by atoms with Gasteiger partial charge in [0.25, 0.3) is 0 Å². The molecule has 0 spiro atoms. The number of hydrogen-bond donors (Lipinski definition) is 0. The number of nitrogens with zero attached hydrogens (tertiary/aromatic N) is 1. The maximum Gasteiger partial charge on any atom is 0.0790 e. The summed E-state index contributed by atoms with van der Waals surface area (Å²) in [7, 11) is 0. The van der Waals surface area contributed by atoms with Crippen molar-refractivity contribution in [1.82, 2.24) is 4.98 Å². The van der Waals surface area contributed by atoms with Crippen LogP contribution in [-0.4, -0.2) is 4.98 Å². The maximum atomic E-state index is 5.16. The molecule has 0 amide bonds. The lowest BCUT2D eigenvalue weighted by Crippen LogP contribution is -1.97. The van der Waals surface area contributed by atoms with Crippen LogP contribution in [0.4, 0.5) is 0 Å². The van der Waals surface area contributed by atoms with Crippen LogP contribution in [0.1, 0.15) is 5.69 Å². The lowest BCUT2D eigenvalue weighted by atomic mass is 9.89. The zero-order valence-electron chi connectivity index (χ0n) is 16.2. The molecule has 0 radical (unpaired) electrons. The minimum absolute atomic E-state index is 1.05. The van der Waals surface area contributed by atoms with Crippen molar-refractivity contribution in [2.45, 2.75) is 6.92 Å². The molecule has 136 valence electrons. The van der Waals surface area contributed by atoms with Crippen LogP contribution in [0.15, 0.2) is 97.1 Å². The van der Waals surface area contributed by atoms with E-state index in [9.17, 15) is 0 Å². The lowest BCUT2D eigenvalue weighted by molar-refractivity contribution is 1.21. The SMILES string of the molecule is Cc1nc(-c2ccccc2)c(-c2ccccc2)c2c1-c1cccc3cccc-2c13. The average molecular weight is 369 g/mol. The standard InChI is InChI=1S/C28H19N/c1-18-24-22-16-8-14-19-15-9-17-23(25(19)22)27(24)26(20-10-4-2-5-11-20)28(29-18)21-12-6-3-7-13-21/h2-17H,1H3. The smallest absolute Gasteiger partial charge is 0.0790 e. The van der Waals surface area contributed by atoms with Crippen molar-refractivity contribution in [1.29, 1.82) is 0 Å². The van der Waals surface area contributed by atoms with E-state index in [2.05, 4.69) is 104 Å². The third-order valence-electron chi connectivity index (χ3n) is 5.93. The van der Waals surface area contributed by atoms with Crippen molar-refractivity contribution < 1.29 is 0 Å². The van der Waals surface area contributed by atoms with Crippen molar-refractivity contribution >= 4 is 10.8 Å². The van der Waals surface area contributed by atoms with E-state index in [1.165, 1.54) is 44.2 Å². The predicted molar refractivity (Wildman–Crippen MR) is 122 cm³/mol. The number of rotatable bonds is 2. The number of aryl methyl sites for hydroxylation is 1. The first kappa shape index (κ1) is 16.3. The zero-order valence-corrected chi connectivity index (χ0v) is 16.2. The van der Waals surface area contributed by atoms with Crippen molar-refractivity contribution in [3.63, 3.8) is 0 Å². The molecule has 0 N–H and O–H groups in total. The van der Waals surface area contributed by atoms with E-state index in [-0.39, 0.29) is 0 Å². The fourth-order valence-corrected chi connectivity index (χ4v) is 4.75. The van der Waals surface area contributed by atoms with Gasteiger partial charge in [-0.15, -0.1) is 0 Å². The van der Waals surface area contributed by atoms with E-state index in [4.69, 9.17) is 4.98 Å². The molecule has 1 heterocycles. The van der Waals surface area contributed by atoms with E-state index in [1.807, 2.05) is 0 Å². The summed E-state index contributed by atoms with van der Waals surface area (Å²) in [5, 5.41) is 2.63. The van der Waals surface area contributed by atoms with Gasteiger partial charge in [-0.05, 0) is 34.4 Å². The van der Waals surface area contributed by atoms with Gasteiger partial charge in [0, 0.05) is 27.9 Å². The number of benzene rings is 4. The summed E-state index contributed by atoms with van der Waals surface area (Å²) in [4.78, 5) is 5.16. The minimum atomic E-state index is 1.05. The highest BCUT2D eigenvalue weighted by atomic mass is 14.7. The number of aromatic nitrogens is 1. The first-order valence-electron chi connectivity index (χ1n) is 10.0. The Balaban J connectivity index is 1.81. The maximum absolute atomic E-state index is 5.16. The van der Waals surface area contributed by atoms with Crippen molar-refractivity contribution in [2.24, 2.45) is 0 Å². The summed E-state index contributed by atoms with van der Waals surface area (Å²) >= 11 is 0. The summed E-state index contributed by atoms with van der Waals surface area (Å²) in [5.74, 6) is 0. The molecule has 0 fully saturated rings. The quantitative estimate of drug-likeness (QED) is 0.307. The first-order valence-corrected chi connectivity index (χ1v) is 10.0. The molecule has 1 aliphatic rings. The van der Waals surface area contributed by atoms with E-state index in [0.717, 1.165) is 17.0 Å². The fourth-order valence-electron chi connectivity index (χ4n) is 4.75. The van der Waals surface area contributed by atoms with Gasteiger partial charge in [0.2, 0.25) is 0 Å². The summed E-state index contributed by atoms with van der Waals surface area (Å²) in [5.41, 5.74) is 10.9. The highest BCUT2D eigenvalue weighted by Gasteiger charge is 2.29. The van der Waals surface area contributed by atoms with E-state index >= 15 is 0 Å². The fraction of sp³-hybridized carbons (Fsp3) is 0.0357. The molecule has 0 bridgehead atoms. The molecule has 5 aromatic rings. The number of hydrogen-bond acceptors (Lipinski definition) is 1. The topological polar surface area (TPSA) is 12.9 Å². The van der Waals surface area contributed by atoms with Gasteiger partial charge in [-0.3, -0.25) is 4.98 Å². The summed E-state index contributed by atoms with van der Waals surface area (Å²) in [6.07, 6.45) is 0. The third kappa shape index (κ3) is 2.31. The van der Waals surface area contributed by atoms with E-state index < -0.39 is 0 Å². The third-order valence-corrected chi connectivity index (χ3v) is 5.93. The van der Waals surface area contributed by atoms with Gasteiger partial charge >= 0.3 is 0 Å². The molecule has 29 heavy (non-hydrogen) atoms. The molecule has 1 aromatic heterocycles. The molecule has 1 aliphatic carbocycles. The van der Waals surface area contributed by atoms with Crippen molar-refractivity contribution in [2.75, 3.05) is 0 Å². The average Bonchev–Trinajstić information content (AvgIpc) is 3.12. The number of pyridine rings is 1. The Bertz CT molecular complexity index is 1380. The van der Waals surface area contributed by atoms with Crippen LogP contribution in [0, 0.1) is 6.92 Å². The summed E-state index contributed by atoms with van der Waals surface area (Å²) in [6, 6.07) is 34.5. The second-order valence-electron chi connectivity index (χ2n) is 7.61. The molecule has 0 unspecified atom stereocenters. The summed E-state index contributed by atoms with van der Waals surface area (Å²) in [6.45, 7) is 2.14. The highest BCUT2D eigenvalue weighted by Crippen LogP contribution is 2.53. The van der Waals surface area contributed by atoms with Crippen LogP contribution in [0.2, 0.25) is 0 Å². The van der Waals surface area contributed by atoms with Gasteiger partial charge in [-0.25, -0.2) is 0 Å². The molecule has 0 saturated carbocycles. The van der Waals surface area contributed by atoms with Gasteiger partial charge in [-0.2, -0.15) is 0 Å². The molecular weight excluding hydrogens is 350 g/mol. The molecule has 4 aromatic carbocycles. The first-order chi connectivity index (χ1) is 14.3. The van der Waals surface area contributed by atoms with Crippen LogP contribution in [0.5, 0.6) is 0 Å². The van der Waals surface area contributed by atoms with Gasteiger partial charge in [0.05, 0.1) is 5.69 Å². The van der Waals surface area contributed by atoms with Gasteiger partial charge < -0.3 is 0 Å². The second kappa shape index (κ2) is 6.15. The van der Waals surface area contributed by atoms with E-state index in [1.54, 1.807) is 0 Å². The Kier molecular flexibility index (Phi) is 3.45. The number of fused-ring (bicyclic) bond motifs is 3. The molecule has 0 atom stereocenters. The minimum Gasteiger partial charge on any atom is -0.252 e. The Hall–Kier alpha value is -3.71. The monoisotopic (exact) mass is 369 g/mol. The molecule has 1 nitrogen and oxygen atoms in total. The van der Waals surface area contributed by atoms with Crippen LogP contribution < -0.4 is 0 Å². The molecule has 0 aliphatic heterocycles. The zero-order chi connectivity index (χ0) is 19.4. The second-order valence-corrected chi connectivity index (χ2v) is 7.61. The van der Waals surface area contributed by atoms with Crippen LogP contribution in [-0.2, 0) is 0 Å². The van der Waals surface area contributed by atoms with E-state index in [0.29, 0.717) is 0 Å². The molecule has 6 rings (SSSR count). The van der Waals surface area contributed by atoms with Gasteiger partial charge in [-0.1, -0.05) is 97.1 Å². The van der Waals surface area contributed by atoms with Crippen LogP contribution in [0.25, 0.3) is 55.4 Å². The van der Waals surface area contributed by atoms with Crippen LogP contribution >= 0.6 is 0 Å². The van der Waals surface area contributed by atoms with Crippen molar-refractivity contribution in [3.8, 4) is 44.6 Å². The molecule has 1 heteroatoms. The van der Waals surface area contributed by atoms with Crippen LogP contribution in [0.3, 0.4) is 0 Å². The van der Waals surface area contributed by atoms with Crippen molar-refractivity contribution in [3.05, 3.63) is 103 Å². The van der Waals surface area contributed by atoms with Gasteiger partial charge in [0.15, 0.2) is 0 Å². The summed E-state index contributed by atoms with van der Waals surface area (Å²) < 4.78 is 0. The molecule has 0 saturated heterocycles. The largest absolute Gasteiger partial charge is 0.252 e. The highest BCUT2D eigenvalue weighted by molar-refractivity contribution is 6.19.